The van der Waals surface area contributed by atoms with Crippen molar-refractivity contribution in [2.24, 2.45) is 0 Å². The fourth-order valence-corrected chi connectivity index (χ4v) is 3.49. The van der Waals surface area contributed by atoms with Crippen LogP contribution in [0.5, 0.6) is 0 Å². The van der Waals surface area contributed by atoms with E-state index in [1.165, 1.54) is 18.5 Å². The summed E-state index contributed by atoms with van der Waals surface area (Å²) in [7, 11) is 3.75. The first kappa shape index (κ1) is 22.1. The molecule has 1 aliphatic heterocycles. The van der Waals surface area contributed by atoms with Crippen LogP contribution in [0.15, 0.2) is 72.8 Å². The topological polar surface area (TPSA) is 68.2 Å². The molecule has 0 atom stereocenters. The number of nitrogens with zero attached hydrogens (tertiary/aromatic N) is 2. The van der Waals surface area contributed by atoms with Gasteiger partial charge < -0.3 is 15.5 Å². The van der Waals surface area contributed by atoms with Crippen molar-refractivity contribution in [2.45, 2.75) is 12.8 Å². The Kier molecular flexibility index (Phi) is 7.80. The van der Waals surface area contributed by atoms with E-state index < -0.39 is 0 Å². The standard InChI is InChI=1S/C24H21N3O.C2H7N/c25-17-18-3-5-19(6-4-18)20-7-9-21(10-8-20)24(28)26-22-11-13-23(14-12-22)27-15-1-2-16-27;1-3-2/h3-14H,1-2,15-16H2,(H,26,28);3H,1-2H3. The number of anilines is 2. The molecular weight excluding hydrogens is 384 g/mol. The van der Waals surface area contributed by atoms with Crippen molar-refractivity contribution in [2.75, 3.05) is 37.4 Å². The lowest BCUT2D eigenvalue weighted by atomic mass is 10.0. The zero-order valence-corrected chi connectivity index (χ0v) is 18.1. The number of benzene rings is 3. The Morgan fingerprint density at radius 1 is 0.839 bits per heavy atom. The minimum Gasteiger partial charge on any atom is -0.372 e. The molecule has 31 heavy (non-hydrogen) atoms. The van der Waals surface area contributed by atoms with Gasteiger partial charge in [0.1, 0.15) is 0 Å². The minimum atomic E-state index is -0.125. The molecule has 4 rings (SSSR count). The largest absolute Gasteiger partial charge is 0.372 e. The highest BCUT2D eigenvalue weighted by Gasteiger charge is 2.12. The molecule has 0 spiro atoms. The summed E-state index contributed by atoms with van der Waals surface area (Å²) in [6, 6.07) is 25.1. The molecular formula is C26H28N4O. The number of hydrogen-bond donors (Lipinski definition) is 2. The van der Waals surface area contributed by atoms with Crippen LogP contribution >= 0.6 is 0 Å². The van der Waals surface area contributed by atoms with Crippen LogP contribution < -0.4 is 15.5 Å². The number of carbonyl (C=O) groups is 1. The van der Waals surface area contributed by atoms with Crippen molar-refractivity contribution >= 4 is 17.3 Å². The van der Waals surface area contributed by atoms with E-state index in [9.17, 15) is 4.79 Å². The predicted octanol–water partition coefficient (Wildman–Crippen LogP) is 4.91. The Morgan fingerprint density at radius 2 is 1.35 bits per heavy atom. The van der Waals surface area contributed by atoms with Crippen molar-refractivity contribution in [3.05, 3.63) is 83.9 Å². The van der Waals surface area contributed by atoms with Crippen molar-refractivity contribution in [3.8, 4) is 17.2 Å². The van der Waals surface area contributed by atoms with E-state index in [-0.39, 0.29) is 5.91 Å². The van der Waals surface area contributed by atoms with Crippen molar-refractivity contribution < 1.29 is 4.79 Å². The normalized spacial score (nSPS) is 12.5. The highest BCUT2D eigenvalue weighted by molar-refractivity contribution is 6.04. The third-order valence-corrected chi connectivity index (χ3v) is 5.09. The van der Waals surface area contributed by atoms with Crippen LogP contribution in [-0.2, 0) is 0 Å². The maximum atomic E-state index is 12.5. The third kappa shape index (κ3) is 5.94. The lowest BCUT2D eigenvalue weighted by Crippen LogP contribution is -2.17. The average Bonchev–Trinajstić information content (AvgIpc) is 3.35. The van der Waals surface area contributed by atoms with Crippen LogP contribution in [0.4, 0.5) is 11.4 Å². The van der Waals surface area contributed by atoms with Crippen molar-refractivity contribution in [3.63, 3.8) is 0 Å². The quantitative estimate of drug-likeness (QED) is 0.639. The SMILES string of the molecule is CNC.N#Cc1ccc(-c2ccc(C(=O)Nc3ccc(N4CCCC4)cc3)cc2)cc1. The summed E-state index contributed by atoms with van der Waals surface area (Å²) in [5, 5.41) is 14.6. The predicted molar refractivity (Wildman–Crippen MR) is 127 cm³/mol. The van der Waals surface area contributed by atoms with E-state index in [0.29, 0.717) is 11.1 Å². The van der Waals surface area contributed by atoms with Gasteiger partial charge in [0.05, 0.1) is 11.6 Å². The Balaban J connectivity index is 0.000000858. The summed E-state index contributed by atoms with van der Waals surface area (Å²) >= 11 is 0. The molecule has 0 unspecified atom stereocenters. The van der Waals surface area contributed by atoms with Gasteiger partial charge in [0.25, 0.3) is 5.91 Å². The van der Waals surface area contributed by atoms with Gasteiger partial charge in [-0.25, -0.2) is 0 Å². The van der Waals surface area contributed by atoms with Gasteiger partial charge in [0, 0.05) is 30.0 Å². The smallest absolute Gasteiger partial charge is 0.255 e. The van der Waals surface area contributed by atoms with E-state index in [1.54, 1.807) is 12.1 Å². The van der Waals surface area contributed by atoms with Gasteiger partial charge in [0.2, 0.25) is 0 Å². The minimum absolute atomic E-state index is 0.125. The molecule has 1 aliphatic rings. The number of carbonyl (C=O) groups excluding carboxylic acids is 1. The molecule has 0 bridgehead atoms. The molecule has 0 radical (unpaired) electrons. The van der Waals surface area contributed by atoms with E-state index in [2.05, 4.69) is 33.7 Å². The first-order valence-corrected chi connectivity index (χ1v) is 10.5. The second-order valence-corrected chi connectivity index (χ2v) is 7.46. The molecule has 158 valence electrons. The van der Waals surface area contributed by atoms with Crippen LogP contribution in [-0.4, -0.2) is 33.1 Å². The van der Waals surface area contributed by atoms with Gasteiger partial charge >= 0.3 is 0 Å². The Bertz CT molecular complexity index is 1010. The number of hydrogen-bond acceptors (Lipinski definition) is 4. The molecule has 5 nitrogen and oxygen atoms in total. The maximum Gasteiger partial charge on any atom is 0.255 e. The van der Waals surface area contributed by atoms with Gasteiger partial charge in [-0.05, 0) is 86.6 Å². The summed E-state index contributed by atoms with van der Waals surface area (Å²) < 4.78 is 0. The van der Waals surface area contributed by atoms with Gasteiger partial charge in [-0.3, -0.25) is 4.79 Å². The molecule has 0 aliphatic carbocycles. The molecule has 2 N–H and O–H groups in total. The highest BCUT2D eigenvalue weighted by Crippen LogP contribution is 2.23. The number of nitrogens with one attached hydrogen (secondary N) is 2. The van der Waals surface area contributed by atoms with Gasteiger partial charge in [-0.2, -0.15) is 5.26 Å². The lowest BCUT2D eigenvalue weighted by Gasteiger charge is -2.17. The highest BCUT2D eigenvalue weighted by atomic mass is 16.1. The first-order chi connectivity index (χ1) is 15.1. The third-order valence-electron chi connectivity index (χ3n) is 5.09. The zero-order chi connectivity index (χ0) is 22.1. The fourth-order valence-electron chi connectivity index (χ4n) is 3.49. The summed E-state index contributed by atoms with van der Waals surface area (Å²) in [4.78, 5) is 14.9. The Morgan fingerprint density at radius 3 is 1.87 bits per heavy atom. The summed E-state index contributed by atoms with van der Waals surface area (Å²) in [6.07, 6.45) is 2.49. The number of amides is 1. The first-order valence-electron chi connectivity index (χ1n) is 10.5. The second kappa shape index (κ2) is 11.0. The van der Waals surface area contributed by atoms with Crippen molar-refractivity contribution in [1.82, 2.24) is 5.32 Å². The second-order valence-electron chi connectivity index (χ2n) is 7.46. The van der Waals surface area contributed by atoms with Crippen LogP contribution in [0.25, 0.3) is 11.1 Å². The van der Waals surface area contributed by atoms with Crippen molar-refractivity contribution in [1.29, 1.82) is 5.26 Å². The zero-order valence-electron chi connectivity index (χ0n) is 18.1. The van der Waals surface area contributed by atoms with Gasteiger partial charge in [-0.1, -0.05) is 24.3 Å². The van der Waals surface area contributed by atoms with E-state index in [1.807, 2.05) is 62.6 Å². The van der Waals surface area contributed by atoms with E-state index in [4.69, 9.17) is 5.26 Å². The Hall–Kier alpha value is -3.62. The summed E-state index contributed by atoms with van der Waals surface area (Å²) in [6.45, 7) is 2.22. The van der Waals surface area contributed by atoms with Gasteiger partial charge in [0.15, 0.2) is 0 Å². The van der Waals surface area contributed by atoms with E-state index >= 15 is 0 Å². The fraction of sp³-hybridized carbons (Fsp3) is 0.231. The molecule has 1 heterocycles. The molecule has 3 aromatic carbocycles. The molecule has 0 saturated carbocycles. The maximum absolute atomic E-state index is 12.5. The molecule has 0 aromatic heterocycles. The number of nitriles is 1. The number of rotatable bonds is 4. The lowest BCUT2D eigenvalue weighted by molar-refractivity contribution is 0.102. The molecule has 3 aromatic rings. The average molecular weight is 413 g/mol. The molecule has 1 saturated heterocycles. The molecule has 1 fully saturated rings. The van der Waals surface area contributed by atoms with E-state index in [0.717, 1.165) is 29.9 Å². The van der Waals surface area contributed by atoms with Crippen LogP contribution in [0.2, 0.25) is 0 Å². The summed E-state index contributed by atoms with van der Waals surface area (Å²) in [5.74, 6) is -0.125. The van der Waals surface area contributed by atoms with Crippen LogP contribution in [0, 0.1) is 11.3 Å². The van der Waals surface area contributed by atoms with Crippen LogP contribution in [0.3, 0.4) is 0 Å². The Labute approximate surface area is 184 Å². The summed E-state index contributed by atoms with van der Waals surface area (Å²) in [5.41, 5.74) is 5.28. The van der Waals surface area contributed by atoms with Gasteiger partial charge in [-0.15, -0.1) is 0 Å². The van der Waals surface area contributed by atoms with Crippen LogP contribution in [0.1, 0.15) is 28.8 Å². The monoisotopic (exact) mass is 412 g/mol. The molecule has 1 amide bonds. The molecule has 5 heteroatoms.